The summed E-state index contributed by atoms with van der Waals surface area (Å²) in [5, 5.41) is 10.6. The first-order valence-corrected chi connectivity index (χ1v) is 39.0. The summed E-state index contributed by atoms with van der Waals surface area (Å²) in [5.41, 5.74) is 0. The highest BCUT2D eigenvalue weighted by atomic mass is 31.2. The fourth-order valence-corrected chi connectivity index (χ4v) is 12.0. The van der Waals surface area contributed by atoms with Crippen molar-refractivity contribution in [3.8, 4) is 0 Å². The molecule has 0 bridgehead atoms. The molecule has 0 aliphatic carbocycles. The van der Waals surface area contributed by atoms with Crippen molar-refractivity contribution in [2.45, 2.75) is 368 Å². The van der Waals surface area contributed by atoms with Crippen molar-refractivity contribution >= 4 is 39.5 Å². The second-order valence-corrected chi connectivity index (χ2v) is 28.8. The van der Waals surface area contributed by atoms with Crippen molar-refractivity contribution in [1.29, 1.82) is 0 Å². The van der Waals surface area contributed by atoms with Gasteiger partial charge in [-0.2, -0.15) is 0 Å². The standard InChI is InChI=1S/C69H134O17P2/c1-7-9-11-13-15-17-18-25-29-33-40-46-52-67(72)80-57-64(85-68(73)53-47-41-34-30-26-23-21-19-20-22-24-28-31-37-43-49-61(3)4)59-83-87(75,76)81-55-63(70)56-82-88(77,78)84-60-65(86-69(74)54-48-42-36-35-38-44-50-62(5)6)58-79-66(71)51-45-39-32-27-16-14-12-10-8-2/h61-65,70H,7-60H2,1-6H3,(H,75,76)(H,77,78)/t63-,64-,65-/m1/s1. The van der Waals surface area contributed by atoms with Crippen molar-refractivity contribution in [2.75, 3.05) is 39.6 Å². The Morgan fingerprint density at radius 1 is 0.307 bits per heavy atom. The molecule has 0 aromatic rings. The number of hydrogen-bond acceptors (Lipinski definition) is 15. The Balaban J connectivity index is 5.20. The van der Waals surface area contributed by atoms with Crippen LogP contribution in [0.5, 0.6) is 0 Å². The molecule has 0 spiro atoms. The monoisotopic (exact) mass is 1300 g/mol. The molecular weight excluding hydrogens is 1160 g/mol. The summed E-state index contributed by atoms with van der Waals surface area (Å²) in [7, 11) is -9.89. The third-order valence-electron chi connectivity index (χ3n) is 16.0. The zero-order valence-corrected chi connectivity index (χ0v) is 58.8. The minimum Gasteiger partial charge on any atom is -0.462 e. The molecule has 0 saturated carbocycles. The van der Waals surface area contributed by atoms with E-state index in [9.17, 15) is 43.2 Å². The van der Waals surface area contributed by atoms with Gasteiger partial charge in [0.25, 0.3) is 0 Å². The molecule has 0 amide bonds. The maximum atomic E-state index is 13.0. The van der Waals surface area contributed by atoms with E-state index in [0.717, 1.165) is 95.8 Å². The van der Waals surface area contributed by atoms with Gasteiger partial charge in [-0.25, -0.2) is 9.13 Å². The Labute approximate surface area is 537 Å². The van der Waals surface area contributed by atoms with Gasteiger partial charge in [-0.05, 0) is 37.5 Å². The van der Waals surface area contributed by atoms with Gasteiger partial charge in [0.2, 0.25) is 0 Å². The Kier molecular flexibility index (Phi) is 59.9. The molecule has 19 heteroatoms. The van der Waals surface area contributed by atoms with E-state index in [2.05, 4.69) is 41.5 Å². The molecule has 0 aromatic heterocycles. The van der Waals surface area contributed by atoms with Crippen LogP contribution in [0.2, 0.25) is 0 Å². The number of unbranched alkanes of at least 4 members (excludes halogenated alkanes) is 38. The van der Waals surface area contributed by atoms with E-state index in [1.807, 2.05) is 0 Å². The summed E-state index contributed by atoms with van der Waals surface area (Å²) in [5.74, 6) is -0.658. The molecule has 2 unspecified atom stereocenters. The summed E-state index contributed by atoms with van der Waals surface area (Å²) in [6.07, 6.45) is 46.0. The predicted octanol–water partition coefficient (Wildman–Crippen LogP) is 19.6. The number of carbonyl (C=O) groups is 4. The van der Waals surface area contributed by atoms with Crippen LogP contribution >= 0.6 is 15.6 Å². The lowest BCUT2D eigenvalue weighted by molar-refractivity contribution is -0.161. The van der Waals surface area contributed by atoms with Crippen molar-refractivity contribution in [2.24, 2.45) is 11.8 Å². The molecule has 0 aliphatic heterocycles. The number of esters is 4. The second kappa shape index (κ2) is 61.3. The molecule has 0 rings (SSSR count). The maximum Gasteiger partial charge on any atom is 0.472 e. The summed E-state index contributed by atoms with van der Waals surface area (Å²) >= 11 is 0. The normalized spacial score (nSPS) is 14.2. The number of ether oxygens (including phenoxy) is 4. The van der Waals surface area contributed by atoms with Gasteiger partial charge in [0.15, 0.2) is 12.2 Å². The van der Waals surface area contributed by atoms with Crippen LogP contribution in [-0.4, -0.2) is 96.7 Å². The minimum atomic E-state index is -4.95. The predicted molar refractivity (Wildman–Crippen MR) is 354 cm³/mol. The van der Waals surface area contributed by atoms with Gasteiger partial charge in [0.05, 0.1) is 26.4 Å². The molecule has 5 atom stereocenters. The first kappa shape index (κ1) is 86.1. The Morgan fingerprint density at radius 3 is 0.773 bits per heavy atom. The smallest absolute Gasteiger partial charge is 0.462 e. The highest BCUT2D eigenvalue weighted by molar-refractivity contribution is 7.47. The molecule has 0 radical (unpaired) electrons. The van der Waals surface area contributed by atoms with E-state index in [1.54, 1.807) is 0 Å². The average Bonchev–Trinajstić information content (AvgIpc) is 3.58. The van der Waals surface area contributed by atoms with Gasteiger partial charge in [0.1, 0.15) is 19.3 Å². The number of rotatable bonds is 68. The molecule has 522 valence electrons. The van der Waals surface area contributed by atoms with Crippen LogP contribution in [0.3, 0.4) is 0 Å². The second-order valence-electron chi connectivity index (χ2n) is 25.9. The minimum absolute atomic E-state index is 0.102. The highest BCUT2D eigenvalue weighted by Crippen LogP contribution is 2.45. The van der Waals surface area contributed by atoms with Gasteiger partial charge in [-0.1, -0.05) is 298 Å². The molecular formula is C69H134O17P2. The number of phosphoric ester groups is 2. The van der Waals surface area contributed by atoms with Crippen molar-refractivity contribution in [3.05, 3.63) is 0 Å². The van der Waals surface area contributed by atoms with E-state index in [0.29, 0.717) is 31.6 Å². The lowest BCUT2D eigenvalue weighted by atomic mass is 10.0. The van der Waals surface area contributed by atoms with E-state index in [-0.39, 0.29) is 25.7 Å². The topological polar surface area (TPSA) is 237 Å². The molecule has 0 aliphatic rings. The van der Waals surface area contributed by atoms with E-state index >= 15 is 0 Å². The third kappa shape index (κ3) is 62.8. The van der Waals surface area contributed by atoms with Crippen molar-refractivity contribution < 1.29 is 80.2 Å². The van der Waals surface area contributed by atoms with Crippen LogP contribution < -0.4 is 0 Å². The Bertz CT molecular complexity index is 1720. The van der Waals surface area contributed by atoms with Gasteiger partial charge >= 0.3 is 39.5 Å². The zero-order chi connectivity index (χ0) is 65.0. The molecule has 3 N–H and O–H groups in total. The van der Waals surface area contributed by atoms with Crippen LogP contribution in [0, 0.1) is 11.8 Å². The molecule has 0 fully saturated rings. The lowest BCUT2D eigenvalue weighted by Gasteiger charge is -2.21. The lowest BCUT2D eigenvalue weighted by Crippen LogP contribution is -2.30. The van der Waals surface area contributed by atoms with Gasteiger partial charge in [0, 0.05) is 25.7 Å². The summed E-state index contributed by atoms with van der Waals surface area (Å²) in [6.45, 7) is 9.46. The number of carbonyl (C=O) groups excluding carboxylic acids is 4. The molecule has 0 heterocycles. The zero-order valence-electron chi connectivity index (χ0n) is 57.0. The fourth-order valence-electron chi connectivity index (χ4n) is 10.4. The SMILES string of the molecule is CCCCCCCCCCCCCCC(=O)OC[C@H](COP(=O)(O)OC[C@@H](O)COP(=O)(O)OC[C@@H](COC(=O)CCCCCCCCCCC)OC(=O)CCCCCCCCC(C)C)OC(=O)CCCCCCCCCCCCCCCCCC(C)C. The van der Waals surface area contributed by atoms with Gasteiger partial charge in [-0.15, -0.1) is 0 Å². The fraction of sp³-hybridized carbons (Fsp3) is 0.942. The summed E-state index contributed by atoms with van der Waals surface area (Å²) in [4.78, 5) is 72.4. The van der Waals surface area contributed by atoms with Gasteiger partial charge in [-0.3, -0.25) is 37.3 Å². The molecule has 0 aromatic carbocycles. The first-order chi connectivity index (χ1) is 42.4. The summed E-state index contributed by atoms with van der Waals surface area (Å²) < 4.78 is 68.1. The largest absolute Gasteiger partial charge is 0.472 e. The third-order valence-corrected chi connectivity index (χ3v) is 17.9. The van der Waals surface area contributed by atoms with E-state index in [4.69, 9.17) is 37.0 Å². The quantitative estimate of drug-likeness (QED) is 0.0222. The highest BCUT2D eigenvalue weighted by Gasteiger charge is 2.30. The van der Waals surface area contributed by atoms with Gasteiger partial charge < -0.3 is 33.8 Å². The molecule has 0 saturated heterocycles. The van der Waals surface area contributed by atoms with Crippen LogP contribution in [0.25, 0.3) is 0 Å². The van der Waals surface area contributed by atoms with Crippen LogP contribution in [0.1, 0.15) is 350 Å². The average molecular weight is 1300 g/mol. The number of phosphoric acid groups is 2. The van der Waals surface area contributed by atoms with Crippen LogP contribution in [-0.2, 0) is 65.4 Å². The first-order valence-electron chi connectivity index (χ1n) is 36.0. The van der Waals surface area contributed by atoms with Crippen molar-refractivity contribution in [3.63, 3.8) is 0 Å². The molecule has 88 heavy (non-hydrogen) atoms. The Morgan fingerprint density at radius 2 is 0.523 bits per heavy atom. The number of aliphatic hydroxyl groups is 1. The molecule has 17 nitrogen and oxygen atoms in total. The number of hydrogen-bond donors (Lipinski definition) is 3. The van der Waals surface area contributed by atoms with Crippen molar-refractivity contribution in [1.82, 2.24) is 0 Å². The Hall–Kier alpha value is -1.94. The summed E-state index contributed by atoms with van der Waals surface area (Å²) in [6, 6.07) is 0. The maximum absolute atomic E-state index is 13.0. The van der Waals surface area contributed by atoms with E-state index in [1.165, 1.54) is 167 Å². The van der Waals surface area contributed by atoms with Crippen LogP contribution in [0.4, 0.5) is 0 Å². The van der Waals surface area contributed by atoms with Crippen LogP contribution in [0.15, 0.2) is 0 Å². The van der Waals surface area contributed by atoms with E-state index < -0.39 is 97.5 Å². The number of aliphatic hydroxyl groups excluding tert-OH is 1.